The van der Waals surface area contributed by atoms with Crippen LogP contribution in [0.1, 0.15) is 17.3 Å². The van der Waals surface area contributed by atoms with Crippen molar-refractivity contribution in [2.75, 3.05) is 19.5 Å². The van der Waals surface area contributed by atoms with Gasteiger partial charge in [0, 0.05) is 10.2 Å². The van der Waals surface area contributed by atoms with Crippen molar-refractivity contribution in [3.05, 3.63) is 52.5 Å². The van der Waals surface area contributed by atoms with E-state index in [1.54, 1.807) is 31.2 Å². The Morgan fingerprint density at radius 3 is 2.48 bits per heavy atom. The number of esters is 1. The van der Waals surface area contributed by atoms with Crippen LogP contribution < -0.4 is 14.8 Å². The van der Waals surface area contributed by atoms with Gasteiger partial charge in [-0.2, -0.15) is 0 Å². The van der Waals surface area contributed by atoms with Crippen molar-refractivity contribution >= 4 is 33.5 Å². The predicted molar refractivity (Wildman–Crippen MR) is 97.2 cm³/mol. The van der Waals surface area contributed by atoms with E-state index in [9.17, 15) is 9.59 Å². The van der Waals surface area contributed by atoms with E-state index in [2.05, 4.69) is 26.0 Å². The molecule has 0 saturated heterocycles. The molecule has 0 unspecified atom stereocenters. The van der Waals surface area contributed by atoms with Gasteiger partial charge in [-0.1, -0.05) is 22.0 Å². The maximum absolute atomic E-state index is 12.3. The molecular formula is C18H18BrNO5. The van der Waals surface area contributed by atoms with E-state index in [1.165, 1.54) is 20.3 Å². The fourth-order valence-electron chi connectivity index (χ4n) is 2.06. The number of carbonyl (C=O) groups excluding carboxylic acids is 2. The van der Waals surface area contributed by atoms with Gasteiger partial charge in [0.15, 0.2) is 17.6 Å². The van der Waals surface area contributed by atoms with E-state index in [4.69, 9.17) is 9.47 Å². The number of methoxy groups -OCH3 is 2. The largest absolute Gasteiger partial charge is 0.493 e. The summed E-state index contributed by atoms with van der Waals surface area (Å²) in [4.78, 5) is 23.9. The number of halogens is 1. The van der Waals surface area contributed by atoms with Crippen molar-refractivity contribution in [2.45, 2.75) is 13.0 Å². The van der Waals surface area contributed by atoms with Gasteiger partial charge in [0.2, 0.25) is 0 Å². The minimum Gasteiger partial charge on any atom is -0.493 e. The van der Waals surface area contributed by atoms with Crippen LogP contribution in [0.4, 0.5) is 5.69 Å². The standard InChI is InChI=1S/C18H18BrNO5/c1-11(17(21)20-14-6-4-5-13(19)10-14)25-15-8-7-12(18(22)24-3)9-16(15)23-2/h4-11H,1-3H3,(H,20,21)/t11-/m1/s1. The Labute approximate surface area is 154 Å². The van der Waals surface area contributed by atoms with Gasteiger partial charge in [0.1, 0.15) is 0 Å². The summed E-state index contributed by atoms with van der Waals surface area (Å²) in [6.45, 7) is 1.63. The Kier molecular flexibility index (Phi) is 6.41. The molecule has 1 atom stereocenters. The summed E-state index contributed by atoms with van der Waals surface area (Å²) in [7, 11) is 2.75. The summed E-state index contributed by atoms with van der Waals surface area (Å²) in [6, 6.07) is 11.9. The average molecular weight is 408 g/mol. The van der Waals surface area contributed by atoms with Crippen LogP contribution in [-0.4, -0.2) is 32.2 Å². The first kappa shape index (κ1) is 18.8. The van der Waals surface area contributed by atoms with E-state index in [1.807, 2.05) is 12.1 Å². The quantitative estimate of drug-likeness (QED) is 0.739. The lowest BCUT2D eigenvalue weighted by Gasteiger charge is -2.17. The molecule has 0 bridgehead atoms. The van der Waals surface area contributed by atoms with Crippen LogP contribution in [0.5, 0.6) is 11.5 Å². The first-order valence-electron chi connectivity index (χ1n) is 7.44. The number of amides is 1. The van der Waals surface area contributed by atoms with Crippen LogP contribution in [0.3, 0.4) is 0 Å². The number of ether oxygens (including phenoxy) is 3. The van der Waals surface area contributed by atoms with E-state index < -0.39 is 12.1 Å². The topological polar surface area (TPSA) is 73.9 Å². The zero-order valence-electron chi connectivity index (χ0n) is 14.0. The second kappa shape index (κ2) is 8.53. The Balaban J connectivity index is 2.09. The molecule has 0 aliphatic carbocycles. The third-order valence-corrected chi connectivity index (χ3v) is 3.84. The molecule has 0 aromatic heterocycles. The SMILES string of the molecule is COC(=O)c1ccc(O[C@H](C)C(=O)Nc2cccc(Br)c2)c(OC)c1. The van der Waals surface area contributed by atoms with Crippen LogP contribution >= 0.6 is 15.9 Å². The van der Waals surface area contributed by atoms with Crippen molar-refractivity contribution in [2.24, 2.45) is 0 Å². The molecule has 0 radical (unpaired) electrons. The van der Waals surface area contributed by atoms with Crippen LogP contribution in [-0.2, 0) is 9.53 Å². The van der Waals surface area contributed by atoms with Crippen molar-refractivity contribution in [3.8, 4) is 11.5 Å². The summed E-state index contributed by atoms with van der Waals surface area (Å²) in [5.41, 5.74) is 0.987. The van der Waals surface area contributed by atoms with E-state index in [-0.39, 0.29) is 5.91 Å². The Morgan fingerprint density at radius 2 is 1.84 bits per heavy atom. The second-order valence-corrected chi connectivity index (χ2v) is 6.03. The molecule has 1 amide bonds. The summed E-state index contributed by atoms with van der Waals surface area (Å²) in [5.74, 6) is -0.0976. The number of hydrogen-bond donors (Lipinski definition) is 1. The smallest absolute Gasteiger partial charge is 0.337 e. The Bertz CT molecular complexity index is 778. The fourth-order valence-corrected chi connectivity index (χ4v) is 2.46. The number of benzene rings is 2. The van der Waals surface area contributed by atoms with Gasteiger partial charge in [0.25, 0.3) is 5.91 Å². The molecule has 0 heterocycles. The van der Waals surface area contributed by atoms with Gasteiger partial charge in [-0.05, 0) is 43.3 Å². The number of carbonyl (C=O) groups is 2. The fraction of sp³-hybridized carbons (Fsp3) is 0.222. The molecule has 6 nitrogen and oxygen atoms in total. The third-order valence-electron chi connectivity index (χ3n) is 3.35. The summed E-state index contributed by atoms with van der Waals surface area (Å²) < 4.78 is 16.4. The van der Waals surface area contributed by atoms with Gasteiger partial charge < -0.3 is 19.5 Å². The van der Waals surface area contributed by atoms with Gasteiger partial charge >= 0.3 is 5.97 Å². The molecule has 1 N–H and O–H groups in total. The molecule has 0 fully saturated rings. The molecule has 2 aromatic rings. The van der Waals surface area contributed by atoms with Gasteiger partial charge in [-0.3, -0.25) is 4.79 Å². The molecule has 7 heteroatoms. The monoisotopic (exact) mass is 407 g/mol. The van der Waals surface area contributed by atoms with Crippen LogP contribution in [0.15, 0.2) is 46.9 Å². The molecule has 0 spiro atoms. The molecule has 0 aliphatic rings. The zero-order chi connectivity index (χ0) is 18.4. The lowest BCUT2D eigenvalue weighted by atomic mass is 10.2. The first-order valence-corrected chi connectivity index (χ1v) is 8.23. The maximum Gasteiger partial charge on any atom is 0.337 e. The van der Waals surface area contributed by atoms with Gasteiger partial charge in [-0.15, -0.1) is 0 Å². The number of nitrogens with one attached hydrogen (secondary N) is 1. The molecule has 0 saturated carbocycles. The lowest BCUT2D eigenvalue weighted by molar-refractivity contribution is -0.122. The molecular weight excluding hydrogens is 390 g/mol. The number of hydrogen-bond acceptors (Lipinski definition) is 5. The van der Waals surface area contributed by atoms with Crippen molar-refractivity contribution in [3.63, 3.8) is 0 Å². The van der Waals surface area contributed by atoms with Crippen molar-refractivity contribution < 1.29 is 23.8 Å². The highest BCUT2D eigenvalue weighted by Crippen LogP contribution is 2.29. The zero-order valence-corrected chi connectivity index (χ0v) is 15.6. The summed E-state index contributed by atoms with van der Waals surface area (Å²) in [6.07, 6.45) is -0.767. The van der Waals surface area contributed by atoms with Crippen LogP contribution in [0, 0.1) is 0 Å². The molecule has 25 heavy (non-hydrogen) atoms. The minimum atomic E-state index is -0.767. The van der Waals surface area contributed by atoms with E-state index >= 15 is 0 Å². The summed E-state index contributed by atoms with van der Waals surface area (Å²) in [5, 5.41) is 2.77. The average Bonchev–Trinajstić information content (AvgIpc) is 2.61. The Morgan fingerprint density at radius 1 is 1.08 bits per heavy atom. The molecule has 132 valence electrons. The van der Waals surface area contributed by atoms with Crippen molar-refractivity contribution in [1.29, 1.82) is 0 Å². The number of rotatable bonds is 6. The van der Waals surface area contributed by atoms with Gasteiger partial charge in [-0.25, -0.2) is 4.79 Å². The maximum atomic E-state index is 12.3. The van der Waals surface area contributed by atoms with Gasteiger partial charge in [0.05, 0.1) is 19.8 Å². The van der Waals surface area contributed by atoms with Crippen LogP contribution in [0.25, 0.3) is 0 Å². The summed E-state index contributed by atoms with van der Waals surface area (Å²) >= 11 is 3.35. The van der Waals surface area contributed by atoms with E-state index in [0.29, 0.717) is 22.7 Å². The van der Waals surface area contributed by atoms with Crippen molar-refractivity contribution in [1.82, 2.24) is 0 Å². The highest BCUT2D eigenvalue weighted by atomic mass is 79.9. The predicted octanol–water partition coefficient (Wildman–Crippen LogP) is 3.65. The molecule has 2 aromatic carbocycles. The third kappa shape index (κ3) is 4.96. The number of anilines is 1. The Hall–Kier alpha value is -2.54. The first-order chi connectivity index (χ1) is 11.9. The second-order valence-electron chi connectivity index (χ2n) is 5.12. The minimum absolute atomic E-state index is 0.308. The van der Waals surface area contributed by atoms with Crippen LogP contribution in [0.2, 0.25) is 0 Å². The van der Waals surface area contributed by atoms with E-state index in [0.717, 1.165) is 4.47 Å². The highest BCUT2D eigenvalue weighted by Gasteiger charge is 2.18. The normalized spacial score (nSPS) is 11.4. The highest BCUT2D eigenvalue weighted by molar-refractivity contribution is 9.10. The lowest BCUT2D eigenvalue weighted by Crippen LogP contribution is -2.30. The molecule has 0 aliphatic heterocycles. The molecule has 2 rings (SSSR count).